The van der Waals surface area contributed by atoms with Gasteiger partial charge in [-0.05, 0) is 20.8 Å². The van der Waals surface area contributed by atoms with E-state index in [-0.39, 0.29) is 24.4 Å². The van der Waals surface area contributed by atoms with Gasteiger partial charge in [-0.2, -0.15) is 0 Å². The monoisotopic (exact) mass is 291 g/mol. The van der Waals surface area contributed by atoms with Gasteiger partial charge in [0.05, 0.1) is 6.10 Å². The zero-order valence-corrected chi connectivity index (χ0v) is 12.9. The fourth-order valence-electron chi connectivity index (χ4n) is 2.28. The summed E-state index contributed by atoms with van der Waals surface area (Å²) in [4.78, 5) is 11.7. The SMILES string of the molecule is CO[C@@H]1[C@@H](OC)[C@H](C)O[C@@H](OC(=O)NC(C)C)[C@@H]1OC. The molecule has 1 aliphatic heterocycles. The molecule has 0 aromatic rings. The van der Waals surface area contributed by atoms with E-state index < -0.39 is 18.5 Å². The van der Waals surface area contributed by atoms with E-state index >= 15 is 0 Å². The second kappa shape index (κ2) is 7.78. The summed E-state index contributed by atoms with van der Waals surface area (Å²) in [6.45, 7) is 5.53. The van der Waals surface area contributed by atoms with Gasteiger partial charge in [0.2, 0.25) is 6.29 Å². The molecule has 1 aliphatic rings. The maximum atomic E-state index is 11.7. The van der Waals surface area contributed by atoms with Gasteiger partial charge in [-0.25, -0.2) is 4.79 Å². The van der Waals surface area contributed by atoms with Gasteiger partial charge < -0.3 is 29.0 Å². The molecule has 1 amide bonds. The third kappa shape index (κ3) is 4.05. The molecular formula is C13H25NO6. The summed E-state index contributed by atoms with van der Waals surface area (Å²) >= 11 is 0. The minimum atomic E-state index is -0.843. The van der Waals surface area contributed by atoms with Crippen LogP contribution in [0.4, 0.5) is 4.79 Å². The molecule has 1 saturated heterocycles. The number of methoxy groups -OCH3 is 3. The van der Waals surface area contributed by atoms with Gasteiger partial charge in [0, 0.05) is 27.4 Å². The van der Waals surface area contributed by atoms with Crippen molar-refractivity contribution in [2.24, 2.45) is 0 Å². The first-order chi connectivity index (χ1) is 9.44. The van der Waals surface area contributed by atoms with E-state index in [0.717, 1.165) is 0 Å². The average molecular weight is 291 g/mol. The molecular weight excluding hydrogens is 266 g/mol. The Morgan fingerprint density at radius 3 is 2.05 bits per heavy atom. The lowest BCUT2D eigenvalue weighted by Gasteiger charge is -2.43. The van der Waals surface area contributed by atoms with Crippen molar-refractivity contribution in [3.63, 3.8) is 0 Å². The van der Waals surface area contributed by atoms with Gasteiger partial charge in [0.15, 0.2) is 0 Å². The number of hydrogen-bond acceptors (Lipinski definition) is 6. The third-order valence-electron chi connectivity index (χ3n) is 3.17. The molecule has 0 unspecified atom stereocenters. The largest absolute Gasteiger partial charge is 0.417 e. The van der Waals surface area contributed by atoms with Crippen molar-refractivity contribution in [3.8, 4) is 0 Å². The van der Waals surface area contributed by atoms with Crippen LogP contribution in [0.1, 0.15) is 20.8 Å². The first-order valence-corrected chi connectivity index (χ1v) is 6.65. The summed E-state index contributed by atoms with van der Waals surface area (Å²) in [6, 6.07) is -0.0190. The molecule has 118 valence electrons. The van der Waals surface area contributed by atoms with Crippen LogP contribution in [0.2, 0.25) is 0 Å². The van der Waals surface area contributed by atoms with Crippen molar-refractivity contribution in [1.82, 2.24) is 5.32 Å². The Bertz CT molecular complexity index is 311. The Morgan fingerprint density at radius 1 is 1.05 bits per heavy atom. The fourth-order valence-corrected chi connectivity index (χ4v) is 2.28. The molecule has 0 aromatic heterocycles. The number of hydrogen-bond donors (Lipinski definition) is 1. The Kier molecular flexibility index (Phi) is 6.67. The van der Waals surface area contributed by atoms with Crippen molar-refractivity contribution in [2.75, 3.05) is 21.3 Å². The highest BCUT2D eigenvalue weighted by Crippen LogP contribution is 2.27. The van der Waals surface area contributed by atoms with Crippen molar-refractivity contribution in [2.45, 2.75) is 57.5 Å². The number of rotatable bonds is 5. The quantitative estimate of drug-likeness (QED) is 0.811. The van der Waals surface area contributed by atoms with Crippen molar-refractivity contribution in [3.05, 3.63) is 0 Å². The normalized spacial score (nSPS) is 34.0. The number of alkyl carbamates (subject to hydrolysis) is 1. The van der Waals surface area contributed by atoms with Gasteiger partial charge in [-0.1, -0.05) is 0 Å². The Labute approximate surface area is 119 Å². The molecule has 7 nitrogen and oxygen atoms in total. The van der Waals surface area contributed by atoms with E-state index in [1.807, 2.05) is 20.8 Å². The molecule has 0 spiro atoms. The Hall–Kier alpha value is -0.890. The number of carbonyl (C=O) groups is 1. The van der Waals surface area contributed by atoms with Gasteiger partial charge >= 0.3 is 6.09 Å². The molecule has 20 heavy (non-hydrogen) atoms. The lowest BCUT2D eigenvalue weighted by atomic mass is 9.99. The van der Waals surface area contributed by atoms with Gasteiger partial charge in [-0.15, -0.1) is 0 Å². The minimum absolute atomic E-state index is 0.0190. The van der Waals surface area contributed by atoms with Crippen LogP contribution >= 0.6 is 0 Å². The van der Waals surface area contributed by atoms with Crippen molar-refractivity contribution in [1.29, 1.82) is 0 Å². The highest BCUT2D eigenvalue weighted by Gasteiger charge is 2.47. The summed E-state index contributed by atoms with van der Waals surface area (Å²) in [5.74, 6) is 0. The average Bonchev–Trinajstić information content (AvgIpc) is 2.36. The maximum Gasteiger partial charge on any atom is 0.409 e. The van der Waals surface area contributed by atoms with Gasteiger partial charge in [-0.3, -0.25) is 0 Å². The van der Waals surface area contributed by atoms with Crippen LogP contribution in [0.3, 0.4) is 0 Å². The minimum Gasteiger partial charge on any atom is -0.417 e. The summed E-state index contributed by atoms with van der Waals surface area (Å²) in [6.07, 6.45) is -2.91. The van der Waals surface area contributed by atoms with Gasteiger partial charge in [0.1, 0.15) is 18.3 Å². The molecule has 0 radical (unpaired) electrons. The Morgan fingerprint density at radius 2 is 1.60 bits per heavy atom. The first kappa shape index (κ1) is 17.2. The molecule has 5 atom stereocenters. The molecule has 1 rings (SSSR count). The highest BCUT2D eigenvalue weighted by atomic mass is 16.7. The van der Waals surface area contributed by atoms with Crippen LogP contribution in [-0.4, -0.2) is 64.2 Å². The molecule has 7 heteroatoms. The summed E-state index contributed by atoms with van der Waals surface area (Å²) < 4.78 is 27.1. The molecule has 1 fully saturated rings. The second-order valence-corrected chi connectivity index (χ2v) is 5.01. The third-order valence-corrected chi connectivity index (χ3v) is 3.17. The van der Waals surface area contributed by atoms with Crippen LogP contribution in [0, 0.1) is 0 Å². The zero-order valence-electron chi connectivity index (χ0n) is 12.9. The molecule has 1 heterocycles. The smallest absolute Gasteiger partial charge is 0.409 e. The van der Waals surface area contributed by atoms with Crippen LogP contribution in [0.25, 0.3) is 0 Å². The standard InChI is InChI=1S/C13H25NO6/c1-7(2)14-13(15)20-12-11(18-6)10(17-5)9(16-4)8(3)19-12/h7-12H,1-6H3,(H,14,15)/t8-,9-,10+,11+,12-/m0/s1. The number of ether oxygens (including phenoxy) is 5. The summed E-state index contributed by atoms with van der Waals surface area (Å²) in [5, 5.41) is 2.64. The summed E-state index contributed by atoms with van der Waals surface area (Å²) in [7, 11) is 4.65. The molecule has 1 N–H and O–H groups in total. The van der Waals surface area contributed by atoms with E-state index in [0.29, 0.717) is 0 Å². The van der Waals surface area contributed by atoms with E-state index in [1.54, 1.807) is 14.2 Å². The summed E-state index contributed by atoms with van der Waals surface area (Å²) in [5.41, 5.74) is 0. The number of carbonyl (C=O) groups excluding carboxylic acids is 1. The van der Waals surface area contributed by atoms with Crippen LogP contribution in [-0.2, 0) is 23.7 Å². The predicted molar refractivity (Wildman–Crippen MR) is 71.5 cm³/mol. The van der Waals surface area contributed by atoms with Crippen molar-refractivity contribution < 1.29 is 28.5 Å². The maximum absolute atomic E-state index is 11.7. The van der Waals surface area contributed by atoms with Crippen LogP contribution in [0.5, 0.6) is 0 Å². The second-order valence-electron chi connectivity index (χ2n) is 5.01. The molecule has 0 aromatic carbocycles. The predicted octanol–water partition coefficient (Wildman–Crippen LogP) is 0.911. The molecule has 0 saturated carbocycles. The lowest BCUT2D eigenvalue weighted by molar-refractivity contribution is -0.289. The van der Waals surface area contributed by atoms with E-state index in [1.165, 1.54) is 7.11 Å². The first-order valence-electron chi connectivity index (χ1n) is 6.65. The number of amides is 1. The number of nitrogens with one attached hydrogen (secondary N) is 1. The van der Waals surface area contributed by atoms with E-state index in [4.69, 9.17) is 23.7 Å². The lowest BCUT2D eigenvalue weighted by Crippen LogP contribution is -2.60. The van der Waals surface area contributed by atoms with Crippen molar-refractivity contribution >= 4 is 6.09 Å². The Balaban J connectivity index is 2.77. The molecule has 0 aliphatic carbocycles. The highest BCUT2D eigenvalue weighted by molar-refractivity contribution is 5.67. The van der Waals surface area contributed by atoms with Crippen LogP contribution < -0.4 is 5.32 Å². The van der Waals surface area contributed by atoms with Gasteiger partial charge in [0.25, 0.3) is 0 Å². The zero-order chi connectivity index (χ0) is 15.3. The fraction of sp³-hybridized carbons (Fsp3) is 0.923. The van der Waals surface area contributed by atoms with E-state index in [9.17, 15) is 4.79 Å². The van der Waals surface area contributed by atoms with Crippen LogP contribution in [0.15, 0.2) is 0 Å². The van der Waals surface area contributed by atoms with E-state index in [2.05, 4.69) is 5.32 Å². The topological polar surface area (TPSA) is 75.2 Å². The molecule has 0 bridgehead atoms.